The molecule has 0 bridgehead atoms. The van der Waals surface area contributed by atoms with E-state index in [4.69, 9.17) is 17.3 Å². The third-order valence-electron chi connectivity index (χ3n) is 4.29. The van der Waals surface area contributed by atoms with Gasteiger partial charge in [-0.05, 0) is 43.4 Å². The van der Waals surface area contributed by atoms with Crippen LogP contribution in [0.1, 0.15) is 50.4 Å². The van der Waals surface area contributed by atoms with Crippen LogP contribution < -0.4 is 11.1 Å². The molecule has 3 N–H and O–H groups in total. The molecule has 0 atom stereocenters. The highest BCUT2D eigenvalue weighted by Gasteiger charge is 2.26. The average Bonchev–Trinajstić information content (AvgIpc) is 2.75. The summed E-state index contributed by atoms with van der Waals surface area (Å²) in [6, 6.07) is 3.76. The molecule has 1 aromatic carbocycles. The Bertz CT molecular complexity index is 910. The predicted octanol–water partition coefficient (Wildman–Crippen LogP) is 3.93. The molecule has 2 amide bonds. The van der Waals surface area contributed by atoms with E-state index in [1.165, 1.54) is 29.5 Å². The van der Waals surface area contributed by atoms with Crippen molar-refractivity contribution < 1.29 is 14.5 Å². The van der Waals surface area contributed by atoms with Crippen LogP contribution in [0.15, 0.2) is 18.2 Å². The van der Waals surface area contributed by atoms with Gasteiger partial charge >= 0.3 is 0 Å². The lowest BCUT2D eigenvalue weighted by atomic mass is 10.0. The molecule has 136 valence electrons. The summed E-state index contributed by atoms with van der Waals surface area (Å²) in [5, 5.41) is 14.3. The molecule has 3 rings (SSSR count). The number of fused-ring (bicyclic) bond motifs is 1. The number of amides is 2. The summed E-state index contributed by atoms with van der Waals surface area (Å²) in [7, 11) is 0. The molecule has 0 aliphatic heterocycles. The van der Waals surface area contributed by atoms with Gasteiger partial charge in [-0.1, -0.05) is 18.0 Å². The standard InChI is InChI=1S/C17H16ClN3O4S/c18-9-6-7-12(21(24)25)11(8-9)16(23)20-17-14(15(19)22)10-4-2-1-3-5-13(10)26-17/h6-8H,1-5H2,(H2,19,22)(H,20,23). The second-order valence-corrected chi connectivity index (χ2v) is 7.55. The number of nitrogens with two attached hydrogens (primary N) is 1. The van der Waals surface area contributed by atoms with Gasteiger partial charge in [-0.3, -0.25) is 19.7 Å². The van der Waals surface area contributed by atoms with Crippen molar-refractivity contribution in [3.63, 3.8) is 0 Å². The van der Waals surface area contributed by atoms with E-state index < -0.39 is 16.7 Å². The lowest BCUT2D eigenvalue weighted by molar-refractivity contribution is -0.385. The number of nitrogens with one attached hydrogen (secondary N) is 1. The van der Waals surface area contributed by atoms with Gasteiger partial charge in [0.2, 0.25) is 0 Å². The van der Waals surface area contributed by atoms with E-state index in [0.717, 1.165) is 42.5 Å². The minimum absolute atomic E-state index is 0.165. The van der Waals surface area contributed by atoms with Gasteiger partial charge in [0, 0.05) is 16.0 Å². The minimum atomic E-state index is -0.696. The zero-order valence-corrected chi connectivity index (χ0v) is 15.3. The number of thiophene rings is 1. The molecule has 1 aromatic heterocycles. The van der Waals surface area contributed by atoms with Crippen LogP contribution in [0.25, 0.3) is 0 Å². The second kappa shape index (κ2) is 7.43. The SMILES string of the molecule is NC(=O)c1c(NC(=O)c2cc(Cl)ccc2[N+](=O)[O-])sc2c1CCCCC2. The van der Waals surface area contributed by atoms with Crippen molar-refractivity contribution in [2.45, 2.75) is 32.1 Å². The number of benzene rings is 1. The quantitative estimate of drug-likeness (QED) is 0.465. The van der Waals surface area contributed by atoms with Gasteiger partial charge in [-0.15, -0.1) is 11.3 Å². The summed E-state index contributed by atoms with van der Waals surface area (Å²) in [5.74, 6) is -1.31. The van der Waals surface area contributed by atoms with Crippen LogP contribution >= 0.6 is 22.9 Å². The van der Waals surface area contributed by atoms with Crippen LogP contribution in [0.3, 0.4) is 0 Å². The summed E-state index contributed by atoms with van der Waals surface area (Å²) >= 11 is 7.19. The molecule has 9 heteroatoms. The summed E-state index contributed by atoms with van der Waals surface area (Å²) in [5.41, 5.74) is 6.21. The number of carbonyl (C=O) groups excluding carboxylic acids is 2. The molecule has 0 fully saturated rings. The molecular formula is C17H16ClN3O4S. The highest BCUT2D eigenvalue weighted by atomic mass is 35.5. The third-order valence-corrected chi connectivity index (χ3v) is 5.74. The maximum Gasteiger partial charge on any atom is 0.282 e. The topological polar surface area (TPSA) is 115 Å². The Kier molecular flexibility index (Phi) is 5.24. The van der Waals surface area contributed by atoms with Crippen LogP contribution in [0.2, 0.25) is 5.02 Å². The number of nitro benzene ring substituents is 1. The predicted molar refractivity (Wildman–Crippen MR) is 100 cm³/mol. The van der Waals surface area contributed by atoms with Gasteiger partial charge < -0.3 is 11.1 Å². The first kappa shape index (κ1) is 18.3. The van der Waals surface area contributed by atoms with Crippen molar-refractivity contribution >= 4 is 45.4 Å². The van der Waals surface area contributed by atoms with Crippen molar-refractivity contribution in [1.29, 1.82) is 0 Å². The van der Waals surface area contributed by atoms with E-state index in [1.807, 2.05) is 0 Å². The highest BCUT2D eigenvalue weighted by Crippen LogP contribution is 2.37. The Morgan fingerprint density at radius 2 is 1.96 bits per heavy atom. The largest absolute Gasteiger partial charge is 0.365 e. The summed E-state index contributed by atoms with van der Waals surface area (Å²) in [6.45, 7) is 0. The van der Waals surface area contributed by atoms with Crippen molar-refractivity contribution in [3.8, 4) is 0 Å². The number of nitrogens with zero attached hydrogens (tertiary/aromatic N) is 1. The number of halogens is 1. The van der Waals surface area contributed by atoms with Crippen molar-refractivity contribution in [3.05, 3.63) is 54.9 Å². The van der Waals surface area contributed by atoms with Crippen LogP contribution in [0.5, 0.6) is 0 Å². The third kappa shape index (κ3) is 3.56. The van der Waals surface area contributed by atoms with Crippen LogP contribution in [0.4, 0.5) is 10.7 Å². The summed E-state index contributed by atoms with van der Waals surface area (Å²) in [4.78, 5) is 36.1. The molecule has 1 aliphatic rings. The number of hydrogen-bond donors (Lipinski definition) is 2. The van der Waals surface area contributed by atoms with E-state index >= 15 is 0 Å². The van der Waals surface area contributed by atoms with E-state index in [-0.39, 0.29) is 16.3 Å². The Balaban J connectivity index is 1.99. The number of hydrogen-bond acceptors (Lipinski definition) is 5. The van der Waals surface area contributed by atoms with Crippen LogP contribution in [-0.2, 0) is 12.8 Å². The molecule has 1 aliphatic carbocycles. The van der Waals surface area contributed by atoms with E-state index in [0.29, 0.717) is 10.6 Å². The molecule has 0 saturated heterocycles. The number of anilines is 1. The van der Waals surface area contributed by atoms with Crippen molar-refractivity contribution in [2.75, 3.05) is 5.32 Å². The lowest BCUT2D eigenvalue weighted by Crippen LogP contribution is -2.18. The molecule has 2 aromatic rings. The second-order valence-electron chi connectivity index (χ2n) is 6.01. The maximum absolute atomic E-state index is 12.6. The summed E-state index contributed by atoms with van der Waals surface area (Å²) < 4.78 is 0. The Labute approximate surface area is 158 Å². The van der Waals surface area contributed by atoms with Gasteiger partial charge in [-0.25, -0.2) is 0 Å². The van der Waals surface area contributed by atoms with Crippen molar-refractivity contribution in [1.82, 2.24) is 0 Å². The molecule has 0 radical (unpaired) electrons. The van der Waals surface area contributed by atoms with Crippen LogP contribution in [-0.4, -0.2) is 16.7 Å². The first-order valence-corrected chi connectivity index (χ1v) is 9.27. The van der Waals surface area contributed by atoms with Gasteiger partial charge in [0.15, 0.2) is 0 Å². The monoisotopic (exact) mass is 393 g/mol. The first-order valence-electron chi connectivity index (χ1n) is 8.08. The minimum Gasteiger partial charge on any atom is -0.365 e. The number of rotatable bonds is 4. The zero-order chi connectivity index (χ0) is 18.8. The molecule has 7 nitrogen and oxygen atoms in total. The van der Waals surface area contributed by atoms with Gasteiger partial charge in [0.05, 0.1) is 10.5 Å². The van der Waals surface area contributed by atoms with Crippen LogP contribution in [0, 0.1) is 10.1 Å². The van der Waals surface area contributed by atoms with Gasteiger partial charge in [-0.2, -0.15) is 0 Å². The van der Waals surface area contributed by atoms with Gasteiger partial charge in [0.1, 0.15) is 10.6 Å². The fourth-order valence-corrected chi connectivity index (χ4v) is 4.57. The molecular weight excluding hydrogens is 378 g/mol. The van der Waals surface area contributed by atoms with E-state index in [1.54, 1.807) is 0 Å². The van der Waals surface area contributed by atoms with Gasteiger partial charge in [0.25, 0.3) is 17.5 Å². The fraction of sp³-hybridized carbons (Fsp3) is 0.294. The molecule has 0 unspecified atom stereocenters. The van der Waals surface area contributed by atoms with E-state index in [2.05, 4.69) is 5.32 Å². The average molecular weight is 394 g/mol. The van der Waals surface area contributed by atoms with E-state index in [9.17, 15) is 19.7 Å². The molecule has 0 spiro atoms. The number of carbonyl (C=O) groups is 2. The molecule has 1 heterocycles. The highest BCUT2D eigenvalue weighted by molar-refractivity contribution is 7.17. The molecule has 0 saturated carbocycles. The number of aryl methyl sites for hydroxylation is 1. The Morgan fingerprint density at radius 1 is 1.23 bits per heavy atom. The number of primary amides is 1. The smallest absolute Gasteiger partial charge is 0.282 e. The summed E-state index contributed by atoms with van der Waals surface area (Å²) in [6.07, 6.45) is 4.61. The zero-order valence-electron chi connectivity index (χ0n) is 13.7. The normalized spacial score (nSPS) is 13.6. The van der Waals surface area contributed by atoms with Crippen molar-refractivity contribution in [2.24, 2.45) is 5.73 Å². The number of nitro groups is 1. The fourth-order valence-electron chi connectivity index (χ4n) is 3.11. The molecule has 26 heavy (non-hydrogen) atoms. The first-order chi connectivity index (χ1) is 12.4. The Hall–Kier alpha value is -2.45. The maximum atomic E-state index is 12.6. The lowest BCUT2D eigenvalue weighted by Gasteiger charge is -2.07. The Morgan fingerprint density at radius 3 is 2.65 bits per heavy atom.